The summed E-state index contributed by atoms with van der Waals surface area (Å²) in [5, 5.41) is 5.89. The van der Waals surface area contributed by atoms with Crippen molar-refractivity contribution in [3.8, 4) is 0 Å². The van der Waals surface area contributed by atoms with Crippen molar-refractivity contribution in [1.29, 1.82) is 0 Å². The Hall–Kier alpha value is -1.67. The van der Waals surface area contributed by atoms with Gasteiger partial charge in [0.25, 0.3) is 0 Å². The van der Waals surface area contributed by atoms with E-state index in [0.29, 0.717) is 24.0 Å². The highest BCUT2D eigenvalue weighted by Gasteiger charge is 2.20. The van der Waals surface area contributed by atoms with Gasteiger partial charge in [-0.15, -0.1) is 0 Å². The molecule has 0 radical (unpaired) electrons. The Morgan fingerprint density at radius 2 is 2.04 bits per heavy atom. The third-order valence-electron chi connectivity index (χ3n) is 4.11. The molecule has 8 heteroatoms. The Kier molecular flexibility index (Phi) is 6.99. The number of guanidine groups is 1. The lowest BCUT2D eigenvalue weighted by Gasteiger charge is -2.25. The highest BCUT2D eigenvalue weighted by atomic mass is 32.2. The Morgan fingerprint density at radius 1 is 1.29 bits per heavy atom. The summed E-state index contributed by atoms with van der Waals surface area (Å²) < 4.78 is 40.0. The van der Waals surface area contributed by atoms with Crippen LogP contribution in [0.5, 0.6) is 0 Å². The average Bonchev–Trinajstić information content (AvgIpc) is 2.50. The minimum absolute atomic E-state index is 0.0277. The van der Waals surface area contributed by atoms with Crippen molar-refractivity contribution in [2.75, 3.05) is 25.9 Å². The van der Waals surface area contributed by atoms with Gasteiger partial charge >= 0.3 is 0 Å². The number of halogens is 1. The SMILES string of the molecule is CN=C(NCCS(=O)(=O)NCC1CCC1)NCc1ccccc1F. The normalized spacial score (nSPS) is 15.8. The fourth-order valence-corrected chi connectivity index (χ4v) is 3.36. The molecule has 1 aliphatic rings. The number of benzene rings is 1. The third kappa shape index (κ3) is 6.09. The number of sulfonamides is 1. The molecular weight excluding hydrogens is 331 g/mol. The predicted molar refractivity (Wildman–Crippen MR) is 93.7 cm³/mol. The van der Waals surface area contributed by atoms with Gasteiger partial charge in [-0.3, -0.25) is 4.99 Å². The summed E-state index contributed by atoms with van der Waals surface area (Å²) in [6, 6.07) is 6.47. The smallest absolute Gasteiger partial charge is 0.213 e. The molecule has 24 heavy (non-hydrogen) atoms. The van der Waals surface area contributed by atoms with Crippen LogP contribution in [0.4, 0.5) is 4.39 Å². The summed E-state index contributed by atoms with van der Waals surface area (Å²) in [4.78, 5) is 4.01. The van der Waals surface area contributed by atoms with Crippen LogP contribution in [0.3, 0.4) is 0 Å². The summed E-state index contributed by atoms with van der Waals surface area (Å²) in [5.74, 6) is 0.610. The largest absolute Gasteiger partial charge is 0.355 e. The van der Waals surface area contributed by atoms with Gasteiger partial charge in [-0.25, -0.2) is 17.5 Å². The maximum atomic E-state index is 13.5. The van der Waals surface area contributed by atoms with Gasteiger partial charge in [-0.2, -0.15) is 0 Å². The maximum Gasteiger partial charge on any atom is 0.213 e. The monoisotopic (exact) mass is 356 g/mol. The van der Waals surface area contributed by atoms with E-state index in [1.165, 1.54) is 12.5 Å². The topological polar surface area (TPSA) is 82.6 Å². The summed E-state index contributed by atoms with van der Waals surface area (Å²) in [6.45, 7) is 1.04. The summed E-state index contributed by atoms with van der Waals surface area (Å²) in [5.41, 5.74) is 0.523. The second-order valence-electron chi connectivity index (χ2n) is 5.91. The zero-order valence-electron chi connectivity index (χ0n) is 13.9. The summed E-state index contributed by atoms with van der Waals surface area (Å²) in [7, 11) is -1.70. The Morgan fingerprint density at radius 3 is 2.67 bits per heavy atom. The molecule has 3 N–H and O–H groups in total. The number of hydrogen-bond acceptors (Lipinski definition) is 3. The van der Waals surface area contributed by atoms with E-state index in [-0.39, 0.29) is 24.7 Å². The van der Waals surface area contributed by atoms with Crippen molar-refractivity contribution in [1.82, 2.24) is 15.4 Å². The van der Waals surface area contributed by atoms with Crippen LogP contribution in [0.2, 0.25) is 0 Å². The highest BCUT2D eigenvalue weighted by molar-refractivity contribution is 7.89. The predicted octanol–water partition coefficient (Wildman–Crippen LogP) is 1.21. The molecule has 0 bridgehead atoms. The van der Waals surface area contributed by atoms with Crippen LogP contribution in [-0.4, -0.2) is 40.3 Å². The standard InChI is InChI=1S/C16H25FN4O2S/c1-18-16(20-12-14-7-2-3-8-15(14)17)19-9-10-24(22,23)21-11-13-5-4-6-13/h2-3,7-8,13,21H,4-6,9-12H2,1H3,(H2,18,19,20). The van der Waals surface area contributed by atoms with Crippen LogP contribution in [0.25, 0.3) is 0 Å². The average molecular weight is 356 g/mol. The van der Waals surface area contributed by atoms with Crippen molar-refractivity contribution < 1.29 is 12.8 Å². The first-order valence-corrected chi connectivity index (χ1v) is 9.80. The van der Waals surface area contributed by atoms with Crippen LogP contribution >= 0.6 is 0 Å². The lowest BCUT2D eigenvalue weighted by atomic mass is 9.86. The molecule has 134 valence electrons. The molecule has 0 amide bonds. The Balaban J connectivity index is 1.70. The molecular formula is C16H25FN4O2S. The van der Waals surface area contributed by atoms with E-state index >= 15 is 0 Å². The van der Waals surface area contributed by atoms with Crippen LogP contribution in [0.15, 0.2) is 29.3 Å². The van der Waals surface area contributed by atoms with Gasteiger partial charge in [0, 0.05) is 32.2 Å². The van der Waals surface area contributed by atoms with E-state index in [0.717, 1.165) is 12.8 Å². The van der Waals surface area contributed by atoms with Gasteiger partial charge in [0.2, 0.25) is 10.0 Å². The zero-order valence-corrected chi connectivity index (χ0v) is 14.7. The van der Waals surface area contributed by atoms with E-state index in [1.807, 2.05) is 0 Å². The van der Waals surface area contributed by atoms with Crippen LogP contribution in [0, 0.1) is 11.7 Å². The lowest BCUT2D eigenvalue weighted by molar-refractivity contribution is 0.316. The molecule has 1 aliphatic carbocycles. The van der Waals surface area contributed by atoms with E-state index in [9.17, 15) is 12.8 Å². The first kappa shape index (κ1) is 18.7. The second kappa shape index (κ2) is 8.98. The molecule has 0 spiro atoms. The molecule has 1 aromatic rings. The third-order valence-corrected chi connectivity index (χ3v) is 5.46. The van der Waals surface area contributed by atoms with Gasteiger partial charge in [-0.1, -0.05) is 24.6 Å². The van der Waals surface area contributed by atoms with Crippen molar-refractivity contribution in [2.24, 2.45) is 10.9 Å². The minimum atomic E-state index is -3.29. The molecule has 0 saturated heterocycles. The number of hydrogen-bond donors (Lipinski definition) is 3. The molecule has 0 atom stereocenters. The van der Waals surface area contributed by atoms with Crippen molar-refractivity contribution in [3.63, 3.8) is 0 Å². The minimum Gasteiger partial charge on any atom is -0.355 e. The zero-order chi connectivity index (χ0) is 17.4. The van der Waals surface area contributed by atoms with Crippen LogP contribution in [0.1, 0.15) is 24.8 Å². The molecule has 1 fully saturated rings. The second-order valence-corrected chi connectivity index (χ2v) is 7.83. The van der Waals surface area contributed by atoms with E-state index in [1.54, 1.807) is 25.2 Å². The highest BCUT2D eigenvalue weighted by Crippen LogP contribution is 2.25. The van der Waals surface area contributed by atoms with Gasteiger partial charge in [0.1, 0.15) is 5.82 Å². The summed E-state index contributed by atoms with van der Waals surface area (Å²) in [6.07, 6.45) is 3.40. The van der Waals surface area contributed by atoms with Crippen LogP contribution in [-0.2, 0) is 16.6 Å². The van der Waals surface area contributed by atoms with Gasteiger partial charge in [0.05, 0.1) is 5.75 Å². The lowest BCUT2D eigenvalue weighted by Crippen LogP contribution is -2.41. The molecule has 0 aliphatic heterocycles. The first-order chi connectivity index (χ1) is 11.5. The summed E-state index contributed by atoms with van der Waals surface area (Å²) >= 11 is 0. The molecule has 0 aromatic heterocycles. The van der Waals surface area contributed by atoms with Crippen molar-refractivity contribution in [2.45, 2.75) is 25.8 Å². The molecule has 2 rings (SSSR count). The number of aliphatic imine (C=N–C) groups is 1. The van der Waals surface area contributed by atoms with Crippen molar-refractivity contribution in [3.05, 3.63) is 35.6 Å². The number of rotatable bonds is 8. The molecule has 1 aromatic carbocycles. The number of nitrogens with one attached hydrogen (secondary N) is 3. The maximum absolute atomic E-state index is 13.5. The Bertz CT molecular complexity index is 660. The molecule has 0 heterocycles. The van der Waals surface area contributed by atoms with Crippen molar-refractivity contribution >= 4 is 16.0 Å². The van der Waals surface area contributed by atoms with Gasteiger partial charge in [0.15, 0.2) is 5.96 Å². The Labute approximate surface area is 143 Å². The van der Waals surface area contributed by atoms with E-state index in [4.69, 9.17) is 0 Å². The van der Waals surface area contributed by atoms with Crippen LogP contribution < -0.4 is 15.4 Å². The molecule has 1 saturated carbocycles. The van der Waals surface area contributed by atoms with E-state index in [2.05, 4.69) is 20.3 Å². The number of nitrogens with zero attached hydrogens (tertiary/aromatic N) is 1. The fraction of sp³-hybridized carbons (Fsp3) is 0.562. The fourth-order valence-electron chi connectivity index (χ4n) is 2.36. The van der Waals surface area contributed by atoms with Gasteiger partial charge < -0.3 is 10.6 Å². The van der Waals surface area contributed by atoms with E-state index < -0.39 is 10.0 Å². The molecule has 6 nitrogen and oxygen atoms in total. The van der Waals surface area contributed by atoms with Gasteiger partial charge in [-0.05, 0) is 24.8 Å². The first-order valence-electron chi connectivity index (χ1n) is 8.15. The molecule has 0 unspecified atom stereocenters. The quantitative estimate of drug-likeness (QED) is 0.483.